The summed E-state index contributed by atoms with van der Waals surface area (Å²) in [7, 11) is -9.83. The summed E-state index contributed by atoms with van der Waals surface area (Å²) in [5.74, 6) is 0. The summed E-state index contributed by atoms with van der Waals surface area (Å²) < 4.78 is 29.8. The summed E-state index contributed by atoms with van der Waals surface area (Å²) in [4.78, 5) is 26.1. The van der Waals surface area contributed by atoms with E-state index in [1.165, 1.54) is 22.8 Å². The van der Waals surface area contributed by atoms with E-state index < -0.39 is 15.6 Å². The van der Waals surface area contributed by atoms with Crippen LogP contribution in [0.1, 0.15) is 79.1 Å². The van der Waals surface area contributed by atoms with Crippen LogP contribution in [0.3, 0.4) is 0 Å². The average molecular weight is 491 g/mol. The lowest BCUT2D eigenvalue weighted by molar-refractivity contribution is 0.191. The predicted molar refractivity (Wildman–Crippen MR) is 131 cm³/mol. The van der Waals surface area contributed by atoms with Gasteiger partial charge in [-0.25, -0.2) is 9.13 Å². The number of rotatable bonds is 17. The Morgan fingerprint density at radius 2 is 1.16 bits per heavy atom. The van der Waals surface area contributed by atoms with Crippen molar-refractivity contribution in [2.24, 2.45) is 0 Å². The molecule has 184 valence electrons. The molecule has 0 aromatic heterocycles. The maximum Gasteiger partial charge on any atom is 0.481 e. The second kappa shape index (κ2) is 17.4. The van der Waals surface area contributed by atoms with Gasteiger partial charge in [0.05, 0.1) is 6.61 Å². The van der Waals surface area contributed by atoms with Crippen molar-refractivity contribution in [2.75, 3.05) is 6.61 Å². The number of hydrogen-bond acceptors (Lipinski definition) is 4. The van der Waals surface area contributed by atoms with Gasteiger partial charge >= 0.3 is 15.6 Å². The van der Waals surface area contributed by atoms with Gasteiger partial charge in [-0.1, -0.05) is 59.3 Å². The molecule has 0 radical (unpaired) electrons. The van der Waals surface area contributed by atoms with Crippen molar-refractivity contribution in [3.8, 4) is 0 Å². The van der Waals surface area contributed by atoms with Gasteiger partial charge in [0, 0.05) is 0 Å². The van der Waals surface area contributed by atoms with Crippen molar-refractivity contribution in [3.63, 3.8) is 0 Å². The number of allylic oxidation sites excluding steroid dienone is 9. The second-order valence-electron chi connectivity index (χ2n) is 7.89. The fourth-order valence-electron chi connectivity index (χ4n) is 2.67. The number of phosphoric ester groups is 1. The van der Waals surface area contributed by atoms with E-state index in [9.17, 15) is 9.13 Å². The molecule has 0 aliphatic heterocycles. The average Bonchev–Trinajstić information content (AvgIpc) is 2.63. The minimum absolute atomic E-state index is 0.272. The minimum atomic E-state index is -5.07. The Hall–Kier alpha value is -1.04. The first-order chi connectivity index (χ1) is 14.9. The molecular weight excluding hydrogens is 450 g/mol. The van der Waals surface area contributed by atoms with Crippen LogP contribution in [0.4, 0.5) is 0 Å². The largest absolute Gasteiger partial charge is 0.481 e. The smallest absolute Gasteiger partial charge is 0.302 e. The third kappa shape index (κ3) is 22.2. The molecule has 0 rings (SSSR count). The molecule has 7 nitrogen and oxygen atoms in total. The highest BCUT2D eigenvalue weighted by molar-refractivity contribution is 7.60. The molecule has 0 aromatic carbocycles. The maximum absolute atomic E-state index is 11.2. The molecule has 0 saturated carbocycles. The third-order valence-electron chi connectivity index (χ3n) is 4.33. The normalized spacial score (nSPS) is 15.5. The molecule has 0 aliphatic rings. The first kappa shape index (κ1) is 31.0. The Bertz CT molecular complexity index is 769. The highest BCUT2D eigenvalue weighted by Gasteiger charge is 2.31. The highest BCUT2D eigenvalue weighted by Crippen LogP contribution is 2.57. The van der Waals surface area contributed by atoms with Crippen LogP contribution >= 0.6 is 15.6 Å². The van der Waals surface area contributed by atoms with Crippen molar-refractivity contribution in [1.82, 2.24) is 0 Å². The Morgan fingerprint density at radius 3 is 1.69 bits per heavy atom. The quantitative estimate of drug-likeness (QED) is 0.111. The van der Waals surface area contributed by atoms with E-state index in [-0.39, 0.29) is 6.61 Å². The molecule has 0 fully saturated rings. The topological polar surface area (TPSA) is 113 Å². The molecule has 0 aromatic rings. The standard InChI is InChI=1S/C23H40O7P2/c1-21(2)15-13-17-23(4)19-14-18-22(3)16-11-9-7-5-6-8-10-12-20-29-32(27,28)30-31(24,25)26/h5,7,10,12,15-16,19H,6,8-9,11,13-14,17-18,20H2,1-4H3,(H,27,28)(H2,24,25,26)/b7-5-,12-10-,22-16+,23-19+. The van der Waals surface area contributed by atoms with E-state index in [1.807, 2.05) is 0 Å². The van der Waals surface area contributed by atoms with Gasteiger partial charge < -0.3 is 14.7 Å². The summed E-state index contributed by atoms with van der Waals surface area (Å²) in [6, 6.07) is 0. The lowest BCUT2D eigenvalue weighted by Crippen LogP contribution is -1.93. The summed E-state index contributed by atoms with van der Waals surface area (Å²) >= 11 is 0. The molecule has 0 amide bonds. The highest BCUT2D eigenvalue weighted by atomic mass is 31.3. The number of unbranched alkanes of at least 4 members (excludes halogenated alkanes) is 2. The van der Waals surface area contributed by atoms with Gasteiger partial charge in [-0.2, -0.15) is 4.31 Å². The number of hydrogen-bond donors (Lipinski definition) is 3. The first-order valence-corrected chi connectivity index (χ1v) is 13.9. The SMILES string of the molecule is CC(C)=CCC/C(C)=C/CC/C(C)=C/CC/C=C\CC/C=C\COP(=O)(O)OP(=O)(O)O. The molecule has 1 atom stereocenters. The summed E-state index contributed by atoms with van der Waals surface area (Å²) in [5.41, 5.74) is 4.25. The van der Waals surface area contributed by atoms with Crippen LogP contribution in [-0.4, -0.2) is 21.3 Å². The third-order valence-corrected chi connectivity index (χ3v) is 6.48. The molecule has 0 bridgehead atoms. The summed E-state index contributed by atoms with van der Waals surface area (Å²) in [6.07, 6.45) is 22.4. The van der Waals surface area contributed by atoms with Gasteiger partial charge in [0.25, 0.3) is 0 Å². The van der Waals surface area contributed by atoms with E-state index in [4.69, 9.17) is 14.7 Å². The van der Waals surface area contributed by atoms with Gasteiger partial charge in [-0.05, 0) is 79.1 Å². The lowest BCUT2D eigenvalue weighted by atomic mass is 10.1. The van der Waals surface area contributed by atoms with Crippen molar-refractivity contribution >= 4 is 15.6 Å². The fourth-order valence-corrected chi connectivity index (χ4v) is 4.21. The van der Waals surface area contributed by atoms with E-state index in [2.05, 4.69) is 66.9 Å². The van der Waals surface area contributed by atoms with Crippen LogP contribution in [0.5, 0.6) is 0 Å². The molecular formula is C23H40O7P2. The van der Waals surface area contributed by atoms with Gasteiger partial charge in [0.15, 0.2) is 0 Å². The van der Waals surface area contributed by atoms with Gasteiger partial charge in [-0.15, -0.1) is 0 Å². The fraction of sp³-hybridized carbons (Fsp3) is 0.565. The summed E-state index contributed by atoms with van der Waals surface area (Å²) in [5, 5.41) is 0. The molecule has 32 heavy (non-hydrogen) atoms. The van der Waals surface area contributed by atoms with Gasteiger partial charge in [0.1, 0.15) is 0 Å². The zero-order chi connectivity index (χ0) is 24.5. The Kier molecular flexibility index (Phi) is 16.9. The predicted octanol–water partition coefficient (Wildman–Crippen LogP) is 7.30. The van der Waals surface area contributed by atoms with E-state index in [0.717, 1.165) is 51.4 Å². The van der Waals surface area contributed by atoms with Crippen LogP contribution in [0.2, 0.25) is 0 Å². The van der Waals surface area contributed by atoms with Gasteiger partial charge in [-0.3, -0.25) is 4.52 Å². The molecule has 0 heterocycles. The molecule has 1 unspecified atom stereocenters. The minimum Gasteiger partial charge on any atom is -0.302 e. The van der Waals surface area contributed by atoms with Crippen LogP contribution in [-0.2, 0) is 18.0 Å². The van der Waals surface area contributed by atoms with Crippen LogP contribution in [0.25, 0.3) is 0 Å². The molecule has 0 saturated heterocycles. The van der Waals surface area contributed by atoms with E-state index in [1.54, 1.807) is 6.08 Å². The van der Waals surface area contributed by atoms with E-state index >= 15 is 0 Å². The van der Waals surface area contributed by atoms with Crippen molar-refractivity contribution in [3.05, 3.63) is 59.3 Å². The first-order valence-electron chi connectivity index (χ1n) is 10.9. The van der Waals surface area contributed by atoms with Crippen molar-refractivity contribution in [2.45, 2.75) is 79.1 Å². The molecule has 0 aliphatic carbocycles. The lowest BCUT2D eigenvalue weighted by Gasteiger charge is -2.10. The van der Waals surface area contributed by atoms with Crippen molar-refractivity contribution in [1.29, 1.82) is 0 Å². The Morgan fingerprint density at radius 1 is 0.688 bits per heavy atom. The van der Waals surface area contributed by atoms with Crippen LogP contribution in [0, 0.1) is 0 Å². The van der Waals surface area contributed by atoms with Crippen molar-refractivity contribution < 1.29 is 32.6 Å². The number of phosphoric acid groups is 2. The Labute approximate surface area is 193 Å². The Balaban J connectivity index is 3.89. The molecule has 9 heteroatoms. The molecule has 0 spiro atoms. The van der Waals surface area contributed by atoms with E-state index in [0.29, 0.717) is 0 Å². The summed E-state index contributed by atoms with van der Waals surface area (Å²) in [6.45, 7) is 8.38. The van der Waals surface area contributed by atoms with Crippen LogP contribution < -0.4 is 0 Å². The second-order valence-corrected chi connectivity index (χ2v) is 10.7. The zero-order valence-electron chi connectivity index (χ0n) is 19.8. The monoisotopic (exact) mass is 490 g/mol. The van der Waals surface area contributed by atoms with Crippen LogP contribution in [0.15, 0.2) is 59.3 Å². The molecule has 3 N–H and O–H groups in total. The maximum atomic E-state index is 11.2. The zero-order valence-corrected chi connectivity index (χ0v) is 21.6. The van der Waals surface area contributed by atoms with Gasteiger partial charge in [0.2, 0.25) is 0 Å².